The molecule has 2 aliphatic rings. The number of hydrogen-bond donors (Lipinski definition) is 0. The van der Waals surface area contributed by atoms with Crippen LogP contribution >= 0.6 is 15.9 Å². The van der Waals surface area contributed by atoms with Gasteiger partial charge < -0.3 is 9.64 Å². The monoisotopic (exact) mass is 360 g/mol. The number of allylic oxidation sites excluding steroid dienone is 2. The number of carbonyl (C=O) groups excluding carboxylic acids is 1. The Morgan fingerprint density at radius 3 is 2.86 bits per heavy atom. The third kappa shape index (κ3) is 2.73. The summed E-state index contributed by atoms with van der Waals surface area (Å²) in [6, 6.07) is 5.85. The smallest absolute Gasteiger partial charge is 0.149 e. The normalized spacial score (nSPS) is 17.2. The minimum Gasteiger partial charge on any atom is -0.456 e. The van der Waals surface area contributed by atoms with Gasteiger partial charge in [0, 0.05) is 35.3 Å². The van der Waals surface area contributed by atoms with Gasteiger partial charge >= 0.3 is 0 Å². The summed E-state index contributed by atoms with van der Waals surface area (Å²) in [7, 11) is 3.87. The van der Waals surface area contributed by atoms with Gasteiger partial charge in [0.1, 0.15) is 17.8 Å². The molecular formula is C17H17BrN2O2. The van der Waals surface area contributed by atoms with Crippen molar-refractivity contribution in [2.24, 2.45) is 4.99 Å². The number of carbonyl (C=O) groups is 1. The number of nitrogens with zero attached hydrogens (tertiary/aromatic N) is 2. The molecule has 22 heavy (non-hydrogen) atoms. The number of halogens is 1. The zero-order chi connectivity index (χ0) is 15.7. The van der Waals surface area contributed by atoms with Crippen molar-refractivity contribution in [3.63, 3.8) is 0 Å². The van der Waals surface area contributed by atoms with E-state index in [1.165, 1.54) is 0 Å². The summed E-state index contributed by atoms with van der Waals surface area (Å²) in [5.41, 5.74) is 3.60. The van der Waals surface area contributed by atoms with Crippen LogP contribution in [0, 0.1) is 0 Å². The van der Waals surface area contributed by atoms with Gasteiger partial charge in [0.15, 0.2) is 0 Å². The van der Waals surface area contributed by atoms with Crippen LogP contribution in [0.4, 0.5) is 0 Å². The number of rotatable bonds is 3. The van der Waals surface area contributed by atoms with E-state index in [1.54, 1.807) is 6.34 Å². The molecule has 1 aliphatic heterocycles. The predicted octanol–water partition coefficient (Wildman–Crippen LogP) is 3.78. The Hall–Kier alpha value is -1.88. The fourth-order valence-electron chi connectivity index (χ4n) is 2.71. The second-order valence-electron chi connectivity index (χ2n) is 5.60. The quantitative estimate of drug-likeness (QED) is 0.468. The van der Waals surface area contributed by atoms with Crippen LogP contribution in [-0.4, -0.2) is 31.6 Å². The van der Waals surface area contributed by atoms with E-state index in [0.29, 0.717) is 5.76 Å². The minimum absolute atomic E-state index is 0.696. The molecule has 0 amide bonds. The lowest BCUT2D eigenvalue weighted by atomic mass is 9.89. The van der Waals surface area contributed by atoms with Crippen LogP contribution < -0.4 is 4.74 Å². The number of hydrogen-bond acceptors (Lipinski definition) is 3. The summed E-state index contributed by atoms with van der Waals surface area (Å²) >= 11 is 3.50. The van der Waals surface area contributed by atoms with E-state index in [1.807, 2.05) is 37.2 Å². The molecule has 1 aromatic carbocycles. The highest BCUT2D eigenvalue weighted by atomic mass is 79.9. The summed E-state index contributed by atoms with van der Waals surface area (Å²) in [5, 5.41) is 0. The third-order valence-corrected chi connectivity index (χ3v) is 4.19. The highest BCUT2D eigenvalue weighted by Gasteiger charge is 2.29. The molecule has 0 atom stereocenters. The standard InChI is InChI=1S/C17H17BrN2O2/c1-20(2)10-19-16-13-5-3-4-11(9-21)17(13)22-15-7-6-12(18)8-14(15)16/h6-10H,3-5H2,1-2H3. The fraction of sp³-hybridized carbons (Fsp3) is 0.294. The Bertz CT molecular complexity index is 717. The number of aliphatic imine (C=N–C) groups is 1. The lowest BCUT2D eigenvalue weighted by molar-refractivity contribution is -0.105. The molecule has 0 bridgehead atoms. The van der Waals surface area contributed by atoms with Gasteiger partial charge in [-0.05, 0) is 37.5 Å². The molecule has 0 N–H and O–H groups in total. The van der Waals surface area contributed by atoms with Crippen molar-refractivity contribution in [1.82, 2.24) is 4.90 Å². The van der Waals surface area contributed by atoms with Gasteiger partial charge in [0.2, 0.25) is 0 Å². The highest BCUT2D eigenvalue weighted by molar-refractivity contribution is 9.10. The molecule has 0 aromatic heterocycles. The number of ether oxygens (including phenoxy) is 1. The first-order chi connectivity index (χ1) is 10.6. The van der Waals surface area contributed by atoms with Crippen LogP contribution in [0.3, 0.4) is 0 Å². The average Bonchev–Trinajstić information content (AvgIpc) is 2.51. The van der Waals surface area contributed by atoms with Crippen LogP contribution in [0.1, 0.15) is 24.8 Å². The van der Waals surface area contributed by atoms with Crippen LogP contribution in [0.5, 0.6) is 5.75 Å². The molecule has 0 saturated heterocycles. The van der Waals surface area contributed by atoms with Gasteiger partial charge in [0.05, 0.1) is 12.0 Å². The minimum atomic E-state index is 0.696. The van der Waals surface area contributed by atoms with E-state index in [0.717, 1.165) is 58.2 Å². The number of benzene rings is 1. The van der Waals surface area contributed by atoms with E-state index in [-0.39, 0.29) is 0 Å². The van der Waals surface area contributed by atoms with Gasteiger partial charge in [-0.1, -0.05) is 15.9 Å². The average molecular weight is 361 g/mol. The first-order valence-corrected chi connectivity index (χ1v) is 7.99. The molecule has 0 unspecified atom stereocenters. The van der Waals surface area contributed by atoms with Gasteiger partial charge in [0.25, 0.3) is 0 Å². The summed E-state index contributed by atoms with van der Waals surface area (Å²) in [4.78, 5) is 17.9. The molecule has 0 radical (unpaired) electrons. The molecule has 0 spiro atoms. The Balaban J connectivity index is 2.23. The molecule has 3 rings (SSSR count). The Labute approximate surface area is 138 Å². The van der Waals surface area contributed by atoms with Crippen molar-refractivity contribution < 1.29 is 9.53 Å². The summed E-state index contributed by atoms with van der Waals surface area (Å²) in [6.07, 6.45) is 5.27. The molecule has 4 nitrogen and oxygen atoms in total. The lowest BCUT2D eigenvalue weighted by Gasteiger charge is -2.28. The zero-order valence-corrected chi connectivity index (χ0v) is 14.2. The first-order valence-electron chi connectivity index (χ1n) is 7.20. The van der Waals surface area contributed by atoms with Crippen LogP contribution in [0.15, 0.2) is 44.6 Å². The van der Waals surface area contributed by atoms with Crippen LogP contribution in [0.25, 0.3) is 5.70 Å². The van der Waals surface area contributed by atoms with Crippen LogP contribution in [0.2, 0.25) is 0 Å². The number of aldehydes is 1. The van der Waals surface area contributed by atoms with Gasteiger partial charge in [-0.2, -0.15) is 0 Å². The molecule has 5 heteroatoms. The van der Waals surface area contributed by atoms with Crippen molar-refractivity contribution in [3.05, 3.63) is 45.1 Å². The third-order valence-electron chi connectivity index (χ3n) is 3.69. The maximum atomic E-state index is 11.3. The molecule has 1 aliphatic carbocycles. The molecule has 1 aromatic rings. The Morgan fingerprint density at radius 1 is 1.32 bits per heavy atom. The topological polar surface area (TPSA) is 41.9 Å². The largest absolute Gasteiger partial charge is 0.456 e. The molecule has 0 fully saturated rings. The van der Waals surface area contributed by atoms with Gasteiger partial charge in [-0.15, -0.1) is 0 Å². The molecule has 0 saturated carbocycles. The highest BCUT2D eigenvalue weighted by Crippen LogP contribution is 2.44. The zero-order valence-electron chi connectivity index (χ0n) is 12.6. The Kier molecular flexibility index (Phi) is 4.16. The van der Waals surface area contributed by atoms with Crippen molar-refractivity contribution in [1.29, 1.82) is 0 Å². The second-order valence-corrected chi connectivity index (χ2v) is 6.52. The Morgan fingerprint density at radius 2 is 2.14 bits per heavy atom. The van der Waals surface area contributed by atoms with E-state index in [9.17, 15) is 4.79 Å². The molecular weight excluding hydrogens is 344 g/mol. The molecule has 1 heterocycles. The predicted molar refractivity (Wildman–Crippen MR) is 90.8 cm³/mol. The maximum absolute atomic E-state index is 11.3. The van der Waals surface area contributed by atoms with E-state index < -0.39 is 0 Å². The summed E-state index contributed by atoms with van der Waals surface area (Å²) < 4.78 is 6.99. The molecule has 114 valence electrons. The maximum Gasteiger partial charge on any atom is 0.149 e. The first kappa shape index (κ1) is 15.0. The summed E-state index contributed by atoms with van der Waals surface area (Å²) in [5.74, 6) is 1.44. The number of fused-ring (bicyclic) bond motifs is 2. The fourth-order valence-corrected chi connectivity index (χ4v) is 3.07. The lowest BCUT2D eigenvalue weighted by Crippen LogP contribution is -2.16. The van der Waals surface area contributed by atoms with Crippen LogP contribution in [-0.2, 0) is 4.79 Å². The van der Waals surface area contributed by atoms with E-state index >= 15 is 0 Å². The van der Waals surface area contributed by atoms with Gasteiger partial charge in [-0.3, -0.25) is 4.79 Å². The van der Waals surface area contributed by atoms with Gasteiger partial charge in [-0.25, -0.2) is 4.99 Å². The van der Waals surface area contributed by atoms with Crippen molar-refractivity contribution in [2.45, 2.75) is 19.3 Å². The second kappa shape index (κ2) is 6.08. The van der Waals surface area contributed by atoms with E-state index in [2.05, 4.69) is 20.9 Å². The summed E-state index contributed by atoms with van der Waals surface area (Å²) in [6.45, 7) is 0. The van der Waals surface area contributed by atoms with Crippen molar-refractivity contribution >= 4 is 34.3 Å². The van der Waals surface area contributed by atoms with Crippen molar-refractivity contribution in [2.75, 3.05) is 14.1 Å². The van der Waals surface area contributed by atoms with E-state index in [4.69, 9.17) is 4.74 Å². The SMILES string of the molecule is CN(C)C=NC1=C2CCCC(C=O)=C2Oc2ccc(Br)cc21. The van der Waals surface area contributed by atoms with Crippen molar-refractivity contribution in [3.8, 4) is 5.75 Å².